The average Bonchev–Trinajstić information content (AvgIpc) is 3.28. The Morgan fingerprint density at radius 3 is 2.50 bits per heavy atom. The zero-order chi connectivity index (χ0) is 22.7. The molecular formula is C22H17FN4O4S. The number of amides is 2. The normalized spacial score (nSPS) is 10.8. The van der Waals surface area contributed by atoms with Gasteiger partial charge in [0, 0.05) is 17.8 Å². The number of aromatic amines is 1. The molecule has 2 amide bonds. The fraction of sp³-hybridized carbons (Fsp3) is 0.0909. The minimum atomic E-state index is -0.613. The van der Waals surface area contributed by atoms with Crippen molar-refractivity contribution in [2.24, 2.45) is 0 Å². The molecule has 2 heterocycles. The molecule has 0 saturated carbocycles. The summed E-state index contributed by atoms with van der Waals surface area (Å²) in [5, 5.41) is 0.343. The number of carbonyl (C=O) groups is 2. The van der Waals surface area contributed by atoms with Crippen LogP contribution in [0.25, 0.3) is 21.3 Å². The fourth-order valence-electron chi connectivity index (χ4n) is 3.16. The standard InChI is InChI=1S/C22H17FN4O4S/c23-14-7-5-13(6-8-14)17-9-10-18(32-17)21(30)26-25-19(28)11-12-27-16-4-2-1-3-15(16)20(29)24-22(27)31/h1-10H,11-12H2,(H,25,28)(H,26,30)(H,24,29,31). The molecule has 0 bridgehead atoms. The Bertz CT molecular complexity index is 1420. The maximum atomic E-state index is 13.1. The number of rotatable bonds is 5. The number of nitrogens with one attached hydrogen (secondary N) is 3. The predicted octanol–water partition coefficient (Wildman–Crippen LogP) is 2.41. The third kappa shape index (κ3) is 4.49. The molecule has 3 N–H and O–H groups in total. The van der Waals surface area contributed by atoms with E-state index in [-0.39, 0.29) is 18.8 Å². The van der Waals surface area contributed by atoms with Gasteiger partial charge < -0.3 is 0 Å². The Kier molecular flexibility index (Phi) is 5.95. The van der Waals surface area contributed by atoms with E-state index in [4.69, 9.17) is 0 Å². The van der Waals surface area contributed by atoms with E-state index in [9.17, 15) is 23.6 Å². The molecule has 0 unspecified atom stereocenters. The summed E-state index contributed by atoms with van der Waals surface area (Å²) in [6.45, 7) is 0.0194. The number of fused-ring (bicyclic) bond motifs is 1. The predicted molar refractivity (Wildman–Crippen MR) is 119 cm³/mol. The molecule has 2 aromatic carbocycles. The topological polar surface area (TPSA) is 113 Å². The first-order chi connectivity index (χ1) is 15.4. The van der Waals surface area contributed by atoms with E-state index < -0.39 is 23.1 Å². The van der Waals surface area contributed by atoms with E-state index in [0.29, 0.717) is 15.8 Å². The number of hydrazine groups is 1. The summed E-state index contributed by atoms with van der Waals surface area (Å²) in [6, 6.07) is 15.9. The molecular weight excluding hydrogens is 435 g/mol. The van der Waals surface area contributed by atoms with E-state index in [2.05, 4.69) is 15.8 Å². The van der Waals surface area contributed by atoms with Gasteiger partial charge in [-0.15, -0.1) is 11.3 Å². The molecule has 0 radical (unpaired) electrons. The molecule has 0 atom stereocenters. The number of carbonyl (C=O) groups excluding carboxylic acids is 2. The van der Waals surface area contributed by atoms with Gasteiger partial charge >= 0.3 is 5.69 Å². The molecule has 0 spiro atoms. The van der Waals surface area contributed by atoms with Gasteiger partial charge in [0.1, 0.15) is 5.82 Å². The summed E-state index contributed by atoms with van der Waals surface area (Å²) in [6.07, 6.45) is -0.0957. The van der Waals surface area contributed by atoms with Crippen molar-refractivity contribution in [2.45, 2.75) is 13.0 Å². The number of para-hydroxylation sites is 1. The van der Waals surface area contributed by atoms with Crippen LogP contribution in [0.3, 0.4) is 0 Å². The van der Waals surface area contributed by atoms with E-state index in [1.165, 1.54) is 28.0 Å². The molecule has 2 aromatic heterocycles. The molecule has 0 aliphatic heterocycles. The average molecular weight is 452 g/mol. The summed E-state index contributed by atoms with van der Waals surface area (Å²) >= 11 is 1.20. The van der Waals surface area contributed by atoms with Crippen LogP contribution in [0.2, 0.25) is 0 Å². The quantitative estimate of drug-likeness (QED) is 0.404. The van der Waals surface area contributed by atoms with Gasteiger partial charge in [-0.05, 0) is 42.0 Å². The van der Waals surface area contributed by atoms with Crippen LogP contribution in [-0.4, -0.2) is 21.4 Å². The van der Waals surface area contributed by atoms with E-state index in [1.807, 2.05) is 0 Å². The lowest BCUT2D eigenvalue weighted by Crippen LogP contribution is -2.42. The maximum Gasteiger partial charge on any atom is 0.328 e. The highest BCUT2D eigenvalue weighted by Crippen LogP contribution is 2.28. The van der Waals surface area contributed by atoms with Crippen molar-refractivity contribution in [3.63, 3.8) is 0 Å². The lowest BCUT2D eigenvalue weighted by molar-refractivity contribution is -0.122. The first kappa shape index (κ1) is 21.2. The Labute approximate surface area is 184 Å². The van der Waals surface area contributed by atoms with Crippen molar-refractivity contribution in [1.82, 2.24) is 20.4 Å². The molecule has 4 aromatic rings. The summed E-state index contributed by atoms with van der Waals surface area (Å²) < 4.78 is 14.4. The number of hydrogen-bond donors (Lipinski definition) is 3. The SMILES string of the molecule is O=C(CCn1c(=O)[nH]c(=O)c2ccccc21)NNC(=O)c1ccc(-c2ccc(F)cc2)s1. The van der Waals surface area contributed by atoms with Gasteiger partial charge in [-0.2, -0.15) is 0 Å². The van der Waals surface area contributed by atoms with Gasteiger partial charge in [0.15, 0.2) is 0 Å². The molecule has 162 valence electrons. The van der Waals surface area contributed by atoms with E-state index >= 15 is 0 Å². The lowest BCUT2D eigenvalue weighted by Gasteiger charge is -2.10. The third-order valence-corrected chi connectivity index (χ3v) is 5.87. The van der Waals surface area contributed by atoms with E-state index in [1.54, 1.807) is 48.5 Å². The molecule has 0 aliphatic rings. The molecule has 4 rings (SSSR count). The van der Waals surface area contributed by atoms with Gasteiger partial charge in [0.25, 0.3) is 11.5 Å². The second-order valence-corrected chi connectivity index (χ2v) is 7.93. The first-order valence-electron chi connectivity index (χ1n) is 9.59. The van der Waals surface area contributed by atoms with Crippen LogP contribution in [0.5, 0.6) is 0 Å². The molecule has 0 saturated heterocycles. The first-order valence-corrected chi connectivity index (χ1v) is 10.4. The minimum Gasteiger partial charge on any atom is -0.293 e. The zero-order valence-corrected chi connectivity index (χ0v) is 17.4. The summed E-state index contributed by atoms with van der Waals surface area (Å²) in [7, 11) is 0. The second kappa shape index (κ2) is 8.98. The van der Waals surface area contributed by atoms with Crippen LogP contribution in [0, 0.1) is 5.82 Å². The summed E-state index contributed by atoms with van der Waals surface area (Å²) in [4.78, 5) is 51.9. The Hall–Kier alpha value is -4.05. The highest BCUT2D eigenvalue weighted by Gasteiger charge is 2.13. The minimum absolute atomic E-state index is 0.0194. The van der Waals surface area contributed by atoms with Crippen molar-refractivity contribution in [2.75, 3.05) is 0 Å². The van der Waals surface area contributed by atoms with Gasteiger partial charge in [0.05, 0.1) is 15.8 Å². The molecule has 32 heavy (non-hydrogen) atoms. The number of halogens is 1. The Morgan fingerprint density at radius 1 is 0.969 bits per heavy atom. The van der Waals surface area contributed by atoms with E-state index in [0.717, 1.165) is 10.4 Å². The largest absolute Gasteiger partial charge is 0.328 e. The number of aromatic nitrogens is 2. The van der Waals surface area contributed by atoms with Crippen LogP contribution in [0.1, 0.15) is 16.1 Å². The number of thiophene rings is 1. The van der Waals surface area contributed by atoms with Gasteiger partial charge in [-0.25, -0.2) is 9.18 Å². The number of aryl methyl sites for hydroxylation is 1. The monoisotopic (exact) mass is 452 g/mol. The van der Waals surface area contributed by atoms with Gasteiger partial charge in [-0.1, -0.05) is 24.3 Å². The van der Waals surface area contributed by atoms with Crippen LogP contribution < -0.4 is 22.1 Å². The number of nitrogens with zero attached hydrogens (tertiary/aromatic N) is 1. The van der Waals surface area contributed by atoms with Crippen molar-refractivity contribution in [1.29, 1.82) is 0 Å². The molecule has 8 nitrogen and oxygen atoms in total. The molecule has 0 aliphatic carbocycles. The van der Waals surface area contributed by atoms with Crippen molar-refractivity contribution >= 4 is 34.1 Å². The van der Waals surface area contributed by atoms with Crippen LogP contribution >= 0.6 is 11.3 Å². The van der Waals surface area contributed by atoms with Crippen molar-refractivity contribution < 1.29 is 14.0 Å². The number of benzene rings is 2. The van der Waals surface area contributed by atoms with Crippen LogP contribution in [0.15, 0.2) is 70.3 Å². The van der Waals surface area contributed by atoms with Crippen LogP contribution in [0.4, 0.5) is 4.39 Å². The smallest absolute Gasteiger partial charge is 0.293 e. The number of H-pyrrole nitrogens is 1. The maximum absolute atomic E-state index is 13.1. The third-order valence-electron chi connectivity index (χ3n) is 4.74. The lowest BCUT2D eigenvalue weighted by atomic mass is 10.2. The summed E-state index contributed by atoms with van der Waals surface area (Å²) in [5.41, 5.74) is 4.75. The van der Waals surface area contributed by atoms with Gasteiger partial charge in [-0.3, -0.25) is 34.8 Å². The van der Waals surface area contributed by atoms with Crippen molar-refractivity contribution in [3.8, 4) is 10.4 Å². The Balaban J connectivity index is 1.36. The Morgan fingerprint density at radius 2 is 1.72 bits per heavy atom. The second-order valence-electron chi connectivity index (χ2n) is 6.85. The highest BCUT2D eigenvalue weighted by molar-refractivity contribution is 7.17. The van der Waals surface area contributed by atoms with Gasteiger partial charge in [0.2, 0.25) is 5.91 Å². The highest BCUT2D eigenvalue weighted by atomic mass is 32.1. The molecule has 10 heteroatoms. The van der Waals surface area contributed by atoms with Crippen LogP contribution in [-0.2, 0) is 11.3 Å². The molecule has 0 fully saturated rings. The zero-order valence-electron chi connectivity index (χ0n) is 16.6. The summed E-state index contributed by atoms with van der Waals surface area (Å²) in [5.74, 6) is -1.35. The van der Waals surface area contributed by atoms with Crippen molar-refractivity contribution in [3.05, 3.63) is 92.2 Å². The fourth-order valence-corrected chi connectivity index (χ4v) is 4.06. The number of hydrogen-bond acceptors (Lipinski definition) is 5.